The predicted octanol–water partition coefficient (Wildman–Crippen LogP) is 3.65. The summed E-state index contributed by atoms with van der Waals surface area (Å²) in [5.74, 6) is 0.868. The molecule has 0 atom stereocenters. The third-order valence-electron chi connectivity index (χ3n) is 3.50. The number of para-hydroxylation sites is 2. The van der Waals surface area contributed by atoms with Gasteiger partial charge < -0.3 is 4.74 Å². The minimum atomic E-state index is 0.868. The van der Waals surface area contributed by atoms with Gasteiger partial charge in [0.1, 0.15) is 11.4 Å². The number of imidazole rings is 1. The van der Waals surface area contributed by atoms with Crippen LogP contribution >= 0.6 is 0 Å². The van der Waals surface area contributed by atoms with E-state index in [9.17, 15) is 0 Å². The van der Waals surface area contributed by atoms with Crippen LogP contribution in [0.25, 0.3) is 27.5 Å². The van der Waals surface area contributed by atoms with Gasteiger partial charge in [-0.1, -0.05) is 12.1 Å². The van der Waals surface area contributed by atoms with E-state index < -0.39 is 0 Å². The van der Waals surface area contributed by atoms with Crippen molar-refractivity contribution in [2.24, 2.45) is 0 Å². The fourth-order valence-corrected chi connectivity index (χ4v) is 2.55. The highest BCUT2D eigenvalue weighted by Gasteiger charge is 2.07. The molecular weight excluding hydrogens is 236 g/mol. The van der Waals surface area contributed by atoms with E-state index in [1.54, 1.807) is 7.11 Å². The molecule has 0 unspecified atom stereocenters. The molecule has 0 saturated heterocycles. The zero-order valence-electron chi connectivity index (χ0n) is 10.5. The summed E-state index contributed by atoms with van der Waals surface area (Å²) < 4.78 is 7.40. The van der Waals surface area contributed by atoms with Crippen LogP contribution in [0.5, 0.6) is 5.75 Å². The minimum Gasteiger partial charge on any atom is -0.497 e. The molecule has 4 aromatic rings. The SMILES string of the molecule is COc1ccc2c(ccn3c4ccccc4nc23)c1. The monoisotopic (exact) mass is 248 g/mol. The average molecular weight is 248 g/mol. The van der Waals surface area contributed by atoms with Gasteiger partial charge >= 0.3 is 0 Å². The molecule has 3 heteroatoms. The van der Waals surface area contributed by atoms with E-state index in [4.69, 9.17) is 9.72 Å². The molecule has 0 fully saturated rings. The fraction of sp³-hybridized carbons (Fsp3) is 0.0625. The van der Waals surface area contributed by atoms with E-state index in [2.05, 4.69) is 28.8 Å². The summed E-state index contributed by atoms with van der Waals surface area (Å²) in [7, 11) is 1.68. The molecule has 0 aliphatic heterocycles. The molecule has 0 bridgehead atoms. The van der Waals surface area contributed by atoms with Crippen molar-refractivity contribution in [2.75, 3.05) is 7.11 Å². The highest BCUT2D eigenvalue weighted by atomic mass is 16.5. The number of nitrogens with zero attached hydrogens (tertiary/aromatic N) is 2. The summed E-state index contributed by atoms with van der Waals surface area (Å²) in [6.45, 7) is 0. The van der Waals surface area contributed by atoms with Crippen LogP contribution in [0.1, 0.15) is 0 Å². The van der Waals surface area contributed by atoms with Gasteiger partial charge in [0.05, 0.1) is 18.1 Å². The van der Waals surface area contributed by atoms with Crippen LogP contribution in [0.4, 0.5) is 0 Å². The Labute approximate surface area is 110 Å². The molecule has 0 saturated carbocycles. The average Bonchev–Trinajstić information content (AvgIpc) is 2.85. The number of methoxy groups -OCH3 is 1. The topological polar surface area (TPSA) is 26.5 Å². The third kappa shape index (κ3) is 1.41. The Balaban J connectivity index is 2.19. The molecule has 2 heterocycles. The Kier molecular flexibility index (Phi) is 2.03. The van der Waals surface area contributed by atoms with Gasteiger partial charge in [0.25, 0.3) is 0 Å². The highest BCUT2D eigenvalue weighted by Crippen LogP contribution is 2.26. The highest BCUT2D eigenvalue weighted by molar-refractivity contribution is 5.98. The lowest BCUT2D eigenvalue weighted by Gasteiger charge is -2.04. The van der Waals surface area contributed by atoms with Crippen LogP contribution in [-0.4, -0.2) is 16.5 Å². The molecule has 0 radical (unpaired) electrons. The van der Waals surface area contributed by atoms with Gasteiger partial charge in [-0.15, -0.1) is 0 Å². The Morgan fingerprint density at radius 2 is 1.95 bits per heavy atom. The summed E-state index contributed by atoms with van der Waals surface area (Å²) in [5.41, 5.74) is 3.14. The van der Waals surface area contributed by atoms with Crippen LogP contribution in [0.2, 0.25) is 0 Å². The van der Waals surface area contributed by atoms with Crippen molar-refractivity contribution in [3.05, 3.63) is 54.7 Å². The molecule has 0 aliphatic carbocycles. The lowest BCUT2D eigenvalue weighted by atomic mass is 10.1. The molecular formula is C16H12N2O. The molecule has 19 heavy (non-hydrogen) atoms. The van der Waals surface area contributed by atoms with Crippen LogP contribution in [0.3, 0.4) is 0 Å². The fourth-order valence-electron chi connectivity index (χ4n) is 2.55. The van der Waals surface area contributed by atoms with Crippen LogP contribution in [-0.2, 0) is 0 Å². The number of rotatable bonds is 1. The van der Waals surface area contributed by atoms with Crippen molar-refractivity contribution in [1.29, 1.82) is 0 Å². The third-order valence-corrected chi connectivity index (χ3v) is 3.50. The number of aromatic nitrogens is 2. The smallest absolute Gasteiger partial charge is 0.145 e. The largest absolute Gasteiger partial charge is 0.497 e. The van der Waals surface area contributed by atoms with Gasteiger partial charge in [0.15, 0.2) is 0 Å². The first kappa shape index (κ1) is 10.4. The number of pyridine rings is 1. The van der Waals surface area contributed by atoms with Crippen molar-refractivity contribution >= 4 is 27.5 Å². The van der Waals surface area contributed by atoms with Crippen molar-refractivity contribution in [1.82, 2.24) is 9.38 Å². The lowest BCUT2D eigenvalue weighted by molar-refractivity contribution is 0.415. The minimum absolute atomic E-state index is 0.868. The molecule has 0 aliphatic rings. The molecule has 2 aromatic carbocycles. The van der Waals surface area contributed by atoms with E-state index in [0.29, 0.717) is 0 Å². The number of fused-ring (bicyclic) bond motifs is 5. The first-order valence-corrected chi connectivity index (χ1v) is 6.20. The van der Waals surface area contributed by atoms with Crippen molar-refractivity contribution in [3.8, 4) is 5.75 Å². The second-order valence-electron chi connectivity index (χ2n) is 4.56. The zero-order valence-corrected chi connectivity index (χ0v) is 10.5. The lowest BCUT2D eigenvalue weighted by Crippen LogP contribution is -1.87. The first-order valence-electron chi connectivity index (χ1n) is 6.20. The molecule has 4 rings (SSSR count). The summed E-state index contributed by atoms with van der Waals surface area (Å²) in [6, 6.07) is 16.3. The Hall–Kier alpha value is -2.55. The molecule has 0 spiro atoms. The normalized spacial score (nSPS) is 11.4. The number of hydrogen-bond acceptors (Lipinski definition) is 2. The summed E-state index contributed by atoms with van der Waals surface area (Å²) in [4.78, 5) is 4.72. The van der Waals surface area contributed by atoms with E-state index in [1.165, 1.54) is 0 Å². The van der Waals surface area contributed by atoms with E-state index in [0.717, 1.165) is 33.2 Å². The van der Waals surface area contributed by atoms with Crippen molar-refractivity contribution < 1.29 is 4.74 Å². The number of ether oxygens (including phenoxy) is 1. The Bertz CT molecular complexity index is 908. The molecule has 2 aromatic heterocycles. The maximum atomic E-state index is 5.27. The van der Waals surface area contributed by atoms with Crippen LogP contribution in [0, 0.1) is 0 Å². The molecule has 3 nitrogen and oxygen atoms in total. The van der Waals surface area contributed by atoms with Crippen LogP contribution in [0.15, 0.2) is 54.7 Å². The van der Waals surface area contributed by atoms with Gasteiger partial charge in [-0.2, -0.15) is 0 Å². The molecule has 0 N–H and O–H groups in total. The van der Waals surface area contributed by atoms with Crippen LogP contribution < -0.4 is 4.74 Å². The Morgan fingerprint density at radius 1 is 1.05 bits per heavy atom. The summed E-state index contributed by atoms with van der Waals surface area (Å²) >= 11 is 0. The molecule has 92 valence electrons. The maximum absolute atomic E-state index is 5.27. The van der Waals surface area contributed by atoms with Gasteiger partial charge in [-0.3, -0.25) is 4.40 Å². The van der Waals surface area contributed by atoms with Gasteiger partial charge in [-0.05, 0) is 41.8 Å². The van der Waals surface area contributed by atoms with Crippen molar-refractivity contribution in [3.63, 3.8) is 0 Å². The summed E-state index contributed by atoms with van der Waals surface area (Å²) in [6.07, 6.45) is 2.06. The van der Waals surface area contributed by atoms with Gasteiger partial charge in [0.2, 0.25) is 0 Å². The van der Waals surface area contributed by atoms with Gasteiger partial charge in [-0.25, -0.2) is 4.98 Å². The zero-order chi connectivity index (χ0) is 12.8. The summed E-state index contributed by atoms with van der Waals surface area (Å²) in [5, 5.41) is 2.28. The first-order chi connectivity index (χ1) is 9.36. The maximum Gasteiger partial charge on any atom is 0.145 e. The molecule has 0 amide bonds. The predicted molar refractivity (Wildman–Crippen MR) is 76.8 cm³/mol. The van der Waals surface area contributed by atoms with E-state index >= 15 is 0 Å². The number of benzene rings is 2. The van der Waals surface area contributed by atoms with Gasteiger partial charge in [0, 0.05) is 11.6 Å². The second-order valence-corrected chi connectivity index (χ2v) is 4.56. The number of hydrogen-bond donors (Lipinski definition) is 0. The van der Waals surface area contributed by atoms with E-state index in [-0.39, 0.29) is 0 Å². The van der Waals surface area contributed by atoms with E-state index in [1.807, 2.05) is 30.3 Å². The Morgan fingerprint density at radius 3 is 2.84 bits per heavy atom. The second kappa shape index (κ2) is 3.72. The van der Waals surface area contributed by atoms with Crippen molar-refractivity contribution in [2.45, 2.75) is 0 Å². The standard InChI is InChI=1S/C16H12N2O/c1-19-12-6-7-13-11(10-12)8-9-18-15-5-3-2-4-14(15)17-16(13)18/h2-10H,1H3. The quantitative estimate of drug-likeness (QED) is 0.514.